The molecule has 1 aromatic heterocycles. The van der Waals surface area contributed by atoms with Crippen molar-refractivity contribution in [3.63, 3.8) is 0 Å². The number of nitrogens with zero attached hydrogens (tertiary/aromatic N) is 3. The molecule has 0 amide bonds. The molecule has 0 saturated carbocycles. The van der Waals surface area contributed by atoms with Gasteiger partial charge in [0.2, 0.25) is 5.95 Å². The Bertz CT molecular complexity index is 1120. The van der Waals surface area contributed by atoms with E-state index >= 15 is 0 Å². The number of hydrogen-bond acceptors (Lipinski definition) is 7. The smallest absolute Gasteiger partial charge is 0.229 e. The number of hydrogen-bond donors (Lipinski definition) is 2. The highest BCUT2D eigenvalue weighted by atomic mass is 16.5. The highest BCUT2D eigenvalue weighted by Crippen LogP contribution is 2.41. The van der Waals surface area contributed by atoms with Gasteiger partial charge in [0.1, 0.15) is 23.4 Å². The van der Waals surface area contributed by atoms with E-state index in [-0.39, 0.29) is 5.92 Å². The SMILES string of the molecule is CNc1nc(Nc2ccc(C#N)c(OC)c2)nc2c1CC[C@@H]2c1cccc(OC)c1. The number of benzene rings is 2. The van der Waals surface area contributed by atoms with Crippen LogP contribution in [-0.2, 0) is 6.42 Å². The molecule has 2 N–H and O–H groups in total. The molecule has 0 bridgehead atoms. The van der Waals surface area contributed by atoms with E-state index in [1.54, 1.807) is 26.4 Å². The predicted molar refractivity (Wildman–Crippen MR) is 116 cm³/mol. The van der Waals surface area contributed by atoms with Gasteiger partial charge in [-0.25, -0.2) is 4.98 Å². The topological polar surface area (TPSA) is 92.1 Å². The van der Waals surface area contributed by atoms with Crippen LogP contribution in [0.3, 0.4) is 0 Å². The quantitative estimate of drug-likeness (QED) is 0.638. The minimum atomic E-state index is 0.182. The van der Waals surface area contributed by atoms with Gasteiger partial charge in [-0.3, -0.25) is 0 Å². The van der Waals surface area contributed by atoms with Crippen molar-refractivity contribution in [3.8, 4) is 17.6 Å². The fourth-order valence-corrected chi connectivity index (χ4v) is 3.90. The summed E-state index contributed by atoms with van der Waals surface area (Å²) in [6.45, 7) is 0. The van der Waals surface area contributed by atoms with Crippen molar-refractivity contribution in [2.45, 2.75) is 18.8 Å². The molecule has 152 valence electrons. The van der Waals surface area contributed by atoms with Crippen LogP contribution < -0.4 is 20.1 Å². The Morgan fingerprint density at radius 1 is 1.10 bits per heavy atom. The van der Waals surface area contributed by atoms with Crippen molar-refractivity contribution in [3.05, 3.63) is 64.8 Å². The average molecular weight is 401 g/mol. The van der Waals surface area contributed by atoms with Gasteiger partial charge in [-0.15, -0.1) is 0 Å². The summed E-state index contributed by atoms with van der Waals surface area (Å²) < 4.78 is 10.7. The normalized spacial score (nSPS) is 14.5. The first-order valence-corrected chi connectivity index (χ1v) is 9.74. The van der Waals surface area contributed by atoms with Crippen LogP contribution in [0, 0.1) is 11.3 Å². The molecule has 0 unspecified atom stereocenters. The lowest BCUT2D eigenvalue weighted by molar-refractivity contribution is 0.413. The summed E-state index contributed by atoms with van der Waals surface area (Å²) in [4.78, 5) is 9.51. The number of nitrogens with one attached hydrogen (secondary N) is 2. The number of methoxy groups -OCH3 is 2. The van der Waals surface area contributed by atoms with Gasteiger partial charge in [-0.2, -0.15) is 10.2 Å². The third-order valence-corrected chi connectivity index (χ3v) is 5.36. The lowest BCUT2D eigenvalue weighted by atomic mass is 9.96. The summed E-state index contributed by atoms with van der Waals surface area (Å²) in [7, 11) is 5.09. The zero-order valence-electron chi connectivity index (χ0n) is 17.2. The summed E-state index contributed by atoms with van der Waals surface area (Å²) in [6.07, 6.45) is 1.89. The molecule has 7 nitrogen and oxygen atoms in total. The molecule has 1 atom stereocenters. The second-order valence-electron chi connectivity index (χ2n) is 7.03. The van der Waals surface area contributed by atoms with Crippen LogP contribution in [0.1, 0.15) is 34.7 Å². The molecule has 2 aromatic carbocycles. The Labute approximate surface area is 175 Å². The number of aromatic nitrogens is 2. The van der Waals surface area contributed by atoms with Crippen molar-refractivity contribution < 1.29 is 9.47 Å². The highest BCUT2D eigenvalue weighted by Gasteiger charge is 2.29. The van der Waals surface area contributed by atoms with E-state index in [2.05, 4.69) is 33.8 Å². The first-order valence-electron chi connectivity index (χ1n) is 9.74. The lowest BCUT2D eigenvalue weighted by Gasteiger charge is -2.16. The standard InChI is InChI=1S/C23H23N5O2/c1-25-22-19-10-9-18(14-5-4-6-17(11-14)29-2)21(19)27-23(28-22)26-16-8-7-15(13-24)20(12-16)30-3/h4-8,11-12,18H,9-10H2,1-3H3,(H2,25,26,27,28)/t18-/m1/s1. The maximum atomic E-state index is 9.19. The monoisotopic (exact) mass is 401 g/mol. The molecule has 0 saturated heterocycles. The maximum Gasteiger partial charge on any atom is 0.229 e. The zero-order chi connectivity index (χ0) is 21.1. The van der Waals surface area contributed by atoms with Crippen molar-refractivity contribution in [2.24, 2.45) is 0 Å². The number of nitriles is 1. The van der Waals surface area contributed by atoms with E-state index < -0.39 is 0 Å². The molecule has 4 rings (SSSR count). The zero-order valence-corrected chi connectivity index (χ0v) is 17.2. The minimum Gasteiger partial charge on any atom is -0.497 e. The predicted octanol–water partition coefficient (Wildman–Crippen LogP) is 4.23. The summed E-state index contributed by atoms with van der Waals surface area (Å²) >= 11 is 0. The molecule has 1 aliphatic rings. The summed E-state index contributed by atoms with van der Waals surface area (Å²) in [5, 5.41) is 15.6. The number of ether oxygens (including phenoxy) is 2. The van der Waals surface area contributed by atoms with Gasteiger partial charge >= 0.3 is 0 Å². The van der Waals surface area contributed by atoms with Gasteiger partial charge in [0.05, 0.1) is 25.5 Å². The van der Waals surface area contributed by atoms with Gasteiger partial charge < -0.3 is 20.1 Å². The second kappa shape index (κ2) is 8.29. The molecule has 0 fully saturated rings. The summed E-state index contributed by atoms with van der Waals surface area (Å²) in [5.74, 6) is 2.85. The van der Waals surface area contributed by atoms with Crippen molar-refractivity contribution in [1.29, 1.82) is 5.26 Å². The molecule has 7 heteroatoms. The van der Waals surface area contributed by atoms with E-state index in [1.807, 2.05) is 25.2 Å². The first kappa shape index (κ1) is 19.5. The second-order valence-corrected chi connectivity index (χ2v) is 7.03. The fourth-order valence-electron chi connectivity index (χ4n) is 3.90. The van der Waals surface area contributed by atoms with Gasteiger partial charge in [0.25, 0.3) is 0 Å². The van der Waals surface area contributed by atoms with E-state index in [4.69, 9.17) is 14.5 Å². The van der Waals surface area contributed by atoms with Crippen molar-refractivity contribution in [2.75, 3.05) is 31.9 Å². The Hall–Kier alpha value is -3.79. The number of fused-ring (bicyclic) bond motifs is 1. The molecule has 0 aliphatic heterocycles. The van der Waals surface area contributed by atoms with Crippen molar-refractivity contribution >= 4 is 17.5 Å². The third-order valence-electron chi connectivity index (χ3n) is 5.36. The Kier molecular flexibility index (Phi) is 5.40. The first-order chi connectivity index (χ1) is 14.7. The van der Waals surface area contributed by atoms with Crippen LogP contribution in [-0.4, -0.2) is 31.2 Å². The van der Waals surface area contributed by atoms with E-state index in [0.717, 1.165) is 41.4 Å². The Morgan fingerprint density at radius 3 is 2.70 bits per heavy atom. The molecular formula is C23H23N5O2. The van der Waals surface area contributed by atoms with Gasteiger partial charge in [0, 0.05) is 30.3 Å². The van der Waals surface area contributed by atoms with E-state index in [1.165, 1.54) is 5.56 Å². The number of rotatable bonds is 6. The minimum absolute atomic E-state index is 0.182. The third kappa shape index (κ3) is 3.60. The summed E-state index contributed by atoms with van der Waals surface area (Å²) in [5.41, 5.74) is 4.58. The fraction of sp³-hybridized carbons (Fsp3) is 0.261. The molecule has 3 aromatic rings. The van der Waals surface area contributed by atoms with Crippen LogP contribution in [0.25, 0.3) is 0 Å². The van der Waals surface area contributed by atoms with Gasteiger partial charge in [0.15, 0.2) is 0 Å². The largest absolute Gasteiger partial charge is 0.497 e. The molecule has 1 heterocycles. The lowest BCUT2D eigenvalue weighted by Crippen LogP contribution is -2.08. The molecule has 0 radical (unpaired) electrons. The van der Waals surface area contributed by atoms with Crippen LogP contribution in [0.5, 0.6) is 11.5 Å². The Morgan fingerprint density at radius 2 is 1.97 bits per heavy atom. The van der Waals surface area contributed by atoms with Crippen LogP contribution in [0.2, 0.25) is 0 Å². The molecular weight excluding hydrogens is 378 g/mol. The highest BCUT2D eigenvalue weighted by molar-refractivity contribution is 5.63. The van der Waals surface area contributed by atoms with Gasteiger partial charge in [-0.05, 0) is 42.7 Å². The molecule has 30 heavy (non-hydrogen) atoms. The maximum absolute atomic E-state index is 9.19. The van der Waals surface area contributed by atoms with Gasteiger partial charge in [-0.1, -0.05) is 12.1 Å². The van der Waals surface area contributed by atoms with Crippen LogP contribution in [0.15, 0.2) is 42.5 Å². The van der Waals surface area contributed by atoms with E-state index in [0.29, 0.717) is 17.3 Å². The molecule has 0 spiro atoms. The summed E-state index contributed by atoms with van der Waals surface area (Å²) in [6, 6.07) is 15.6. The molecule has 1 aliphatic carbocycles. The number of anilines is 3. The Balaban J connectivity index is 1.71. The van der Waals surface area contributed by atoms with Crippen LogP contribution in [0.4, 0.5) is 17.5 Å². The van der Waals surface area contributed by atoms with Crippen molar-refractivity contribution in [1.82, 2.24) is 9.97 Å². The van der Waals surface area contributed by atoms with Crippen LogP contribution >= 0.6 is 0 Å². The van der Waals surface area contributed by atoms with E-state index in [9.17, 15) is 5.26 Å². The average Bonchev–Trinajstić information content (AvgIpc) is 3.22.